The summed E-state index contributed by atoms with van der Waals surface area (Å²) in [5.74, 6) is 1.06. The lowest BCUT2D eigenvalue weighted by Gasteiger charge is -2.05. The zero-order valence-corrected chi connectivity index (χ0v) is 11.0. The van der Waals surface area contributed by atoms with Crippen molar-refractivity contribution in [2.45, 2.75) is 0 Å². The maximum Gasteiger partial charge on any atom is 0.231 e. The van der Waals surface area contributed by atoms with Crippen molar-refractivity contribution in [1.82, 2.24) is 9.55 Å². The molecular weight excluding hydrogens is 279 g/mol. The number of ether oxygens (including phenoxy) is 2. The first-order chi connectivity index (χ1) is 9.72. The molecule has 1 N–H and O–H groups in total. The molecule has 0 saturated heterocycles. The van der Waals surface area contributed by atoms with Gasteiger partial charge in [-0.15, -0.1) is 0 Å². The smallest absolute Gasteiger partial charge is 0.231 e. The monoisotopic (exact) mass is 288 g/mol. The second-order valence-electron chi connectivity index (χ2n) is 4.46. The Labute approximate surface area is 118 Å². The highest BCUT2D eigenvalue weighted by Gasteiger charge is 2.15. The van der Waals surface area contributed by atoms with Gasteiger partial charge in [-0.05, 0) is 36.5 Å². The van der Waals surface area contributed by atoms with Gasteiger partial charge in [-0.2, -0.15) is 0 Å². The Hall–Kier alpha value is -2.34. The number of imidazole rings is 1. The Bertz CT molecular complexity index is 885. The summed E-state index contributed by atoms with van der Waals surface area (Å²) in [6.45, 7) is 0.215. The van der Waals surface area contributed by atoms with Crippen LogP contribution in [0.2, 0.25) is 0 Å². The molecule has 0 radical (unpaired) electrons. The predicted molar refractivity (Wildman–Crippen MR) is 74.5 cm³/mol. The lowest BCUT2D eigenvalue weighted by atomic mass is 10.2. The van der Waals surface area contributed by atoms with Crippen LogP contribution in [0.3, 0.4) is 0 Å². The quantitative estimate of drug-likeness (QED) is 0.696. The van der Waals surface area contributed by atoms with E-state index in [2.05, 4.69) is 4.98 Å². The summed E-state index contributed by atoms with van der Waals surface area (Å²) in [5.41, 5.74) is 2.28. The van der Waals surface area contributed by atoms with Crippen LogP contribution in [0.4, 0.5) is 4.39 Å². The molecule has 3 aromatic rings. The van der Waals surface area contributed by atoms with E-state index in [0.717, 1.165) is 11.2 Å². The molecule has 0 amide bonds. The number of aromatic nitrogens is 2. The van der Waals surface area contributed by atoms with E-state index in [-0.39, 0.29) is 12.6 Å². The van der Waals surface area contributed by atoms with Gasteiger partial charge in [0.2, 0.25) is 6.79 Å². The van der Waals surface area contributed by atoms with Crippen molar-refractivity contribution >= 4 is 23.3 Å². The van der Waals surface area contributed by atoms with Gasteiger partial charge in [0, 0.05) is 12.1 Å². The Kier molecular flexibility index (Phi) is 2.34. The number of halogens is 1. The van der Waals surface area contributed by atoms with Gasteiger partial charge in [0.1, 0.15) is 5.82 Å². The second kappa shape index (κ2) is 4.08. The third-order valence-electron chi connectivity index (χ3n) is 3.26. The van der Waals surface area contributed by atoms with Crippen LogP contribution in [-0.2, 0) is 0 Å². The molecule has 1 aliphatic rings. The number of aromatic amines is 1. The normalized spacial score (nSPS) is 13.1. The zero-order chi connectivity index (χ0) is 13.7. The molecule has 20 heavy (non-hydrogen) atoms. The maximum absolute atomic E-state index is 13.5. The van der Waals surface area contributed by atoms with Crippen LogP contribution >= 0.6 is 12.2 Å². The summed E-state index contributed by atoms with van der Waals surface area (Å²) in [6.07, 6.45) is 0. The first kappa shape index (κ1) is 11.5. The van der Waals surface area contributed by atoms with Crippen molar-refractivity contribution in [3.8, 4) is 17.2 Å². The summed E-state index contributed by atoms with van der Waals surface area (Å²) in [4.78, 5) is 3.06. The predicted octanol–water partition coefficient (Wildman–Crippen LogP) is 3.56. The van der Waals surface area contributed by atoms with Crippen LogP contribution in [0.1, 0.15) is 0 Å². The molecule has 0 spiro atoms. The highest BCUT2D eigenvalue weighted by molar-refractivity contribution is 7.71. The molecule has 1 aliphatic heterocycles. The molecule has 1 aromatic heterocycles. The first-order valence-electron chi connectivity index (χ1n) is 6.03. The molecule has 2 aromatic carbocycles. The van der Waals surface area contributed by atoms with Crippen LogP contribution in [0.25, 0.3) is 16.7 Å². The third kappa shape index (κ3) is 1.61. The van der Waals surface area contributed by atoms with Crippen LogP contribution in [0.15, 0.2) is 36.4 Å². The number of nitrogens with one attached hydrogen (secondary N) is 1. The number of fused-ring (bicyclic) bond motifs is 2. The van der Waals surface area contributed by atoms with Gasteiger partial charge in [-0.1, -0.05) is 0 Å². The van der Waals surface area contributed by atoms with Gasteiger partial charge in [0.25, 0.3) is 0 Å². The summed E-state index contributed by atoms with van der Waals surface area (Å²) in [6, 6.07) is 10.0. The molecule has 4 rings (SSSR count). The summed E-state index contributed by atoms with van der Waals surface area (Å²) < 4.78 is 26.4. The molecule has 4 nitrogen and oxygen atoms in total. The number of hydrogen-bond acceptors (Lipinski definition) is 3. The Morgan fingerprint density at radius 2 is 1.95 bits per heavy atom. The van der Waals surface area contributed by atoms with Gasteiger partial charge in [0.15, 0.2) is 16.3 Å². The standard InChI is InChI=1S/C14H9FN2O2S/c15-8-1-3-10-11(5-8)17(14(20)16-10)9-2-4-12-13(6-9)19-7-18-12/h1-6H,7H2,(H,16,20). The number of H-pyrrole nitrogens is 1. The number of hydrogen-bond donors (Lipinski definition) is 1. The average molecular weight is 288 g/mol. The molecule has 0 bridgehead atoms. The van der Waals surface area contributed by atoms with Crippen LogP contribution in [0.5, 0.6) is 11.5 Å². The van der Waals surface area contributed by atoms with E-state index < -0.39 is 0 Å². The Balaban J connectivity index is 2.00. The highest BCUT2D eigenvalue weighted by atomic mass is 32.1. The molecule has 0 saturated carbocycles. The van der Waals surface area contributed by atoms with Crippen molar-refractivity contribution in [2.75, 3.05) is 6.79 Å². The second-order valence-corrected chi connectivity index (χ2v) is 4.85. The summed E-state index contributed by atoms with van der Waals surface area (Å²) in [5, 5.41) is 0. The van der Waals surface area contributed by atoms with Gasteiger partial charge >= 0.3 is 0 Å². The van der Waals surface area contributed by atoms with Crippen molar-refractivity contribution < 1.29 is 13.9 Å². The van der Waals surface area contributed by atoms with Gasteiger partial charge in [0.05, 0.1) is 16.7 Å². The lowest BCUT2D eigenvalue weighted by molar-refractivity contribution is 0.174. The summed E-state index contributed by atoms with van der Waals surface area (Å²) >= 11 is 5.32. The van der Waals surface area contributed by atoms with E-state index in [1.165, 1.54) is 12.1 Å². The molecule has 0 unspecified atom stereocenters. The van der Waals surface area contributed by atoms with Crippen LogP contribution in [-0.4, -0.2) is 16.3 Å². The minimum atomic E-state index is -0.305. The van der Waals surface area contributed by atoms with Crippen molar-refractivity contribution in [3.63, 3.8) is 0 Å². The third-order valence-corrected chi connectivity index (χ3v) is 3.54. The van der Waals surface area contributed by atoms with E-state index in [4.69, 9.17) is 21.7 Å². The zero-order valence-electron chi connectivity index (χ0n) is 10.2. The molecule has 0 aliphatic carbocycles. The Morgan fingerprint density at radius 1 is 1.10 bits per heavy atom. The molecule has 0 atom stereocenters. The van der Waals surface area contributed by atoms with E-state index in [9.17, 15) is 4.39 Å². The van der Waals surface area contributed by atoms with Crippen LogP contribution in [0, 0.1) is 10.6 Å². The lowest BCUT2D eigenvalue weighted by Crippen LogP contribution is -1.94. The van der Waals surface area contributed by atoms with Crippen molar-refractivity contribution in [2.24, 2.45) is 0 Å². The first-order valence-corrected chi connectivity index (χ1v) is 6.43. The molecule has 6 heteroatoms. The largest absolute Gasteiger partial charge is 0.454 e. The van der Waals surface area contributed by atoms with E-state index >= 15 is 0 Å². The molecule has 0 fully saturated rings. The van der Waals surface area contributed by atoms with Crippen molar-refractivity contribution in [1.29, 1.82) is 0 Å². The SMILES string of the molecule is Fc1ccc2[nH]c(=S)n(-c3ccc4c(c3)OCO4)c2c1. The number of rotatable bonds is 1. The van der Waals surface area contributed by atoms with Gasteiger partial charge < -0.3 is 14.5 Å². The number of benzene rings is 2. The van der Waals surface area contributed by atoms with Gasteiger partial charge in [-0.3, -0.25) is 4.57 Å². The van der Waals surface area contributed by atoms with Gasteiger partial charge in [-0.25, -0.2) is 4.39 Å². The van der Waals surface area contributed by atoms with E-state index in [0.29, 0.717) is 21.8 Å². The molecule has 2 heterocycles. The van der Waals surface area contributed by atoms with E-state index in [1.54, 1.807) is 10.6 Å². The topological polar surface area (TPSA) is 39.2 Å². The van der Waals surface area contributed by atoms with Crippen LogP contribution < -0.4 is 9.47 Å². The minimum Gasteiger partial charge on any atom is -0.454 e. The maximum atomic E-state index is 13.5. The molecular formula is C14H9FN2O2S. The fraction of sp³-hybridized carbons (Fsp3) is 0.0714. The fourth-order valence-corrected chi connectivity index (χ4v) is 2.67. The Morgan fingerprint density at radius 3 is 2.85 bits per heavy atom. The number of nitrogens with zero attached hydrogens (tertiary/aromatic N) is 1. The fourth-order valence-electron chi connectivity index (χ4n) is 2.36. The van der Waals surface area contributed by atoms with E-state index in [1.807, 2.05) is 18.2 Å². The summed E-state index contributed by atoms with van der Waals surface area (Å²) in [7, 11) is 0. The minimum absolute atomic E-state index is 0.215. The average Bonchev–Trinajstić information content (AvgIpc) is 3.00. The highest BCUT2D eigenvalue weighted by Crippen LogP contribution is 2.34. The van der Waals surface area contributed by atoms with Crippen molar-refractivity contribution in [3.05, 3.63) is 47.0 Å². The molecule has 100 valence electrons.